The Morgan fingerprint density at radius 2 is 2.40 bits per heavy atom. The summed E-state index contributed by atoms with van der Waals surface area (Å²) in [6, 6.07) is 0.0432. The normalized spacial score (nSPS) is 48.0. The van der Waals surface area contributed by atoms with E-state index < -0.39 is 0 Å². The summed E-state index contributed by atoms with van der Waals surface area (Å²) in [7, 11) is 0. The van der Waals surface area contributed by atoms with Crippen LogP contribution in [0, 0.1) is 0 Å². The molecule has 4 heteroatoms. The molecule has 0 radical (unpaired) electrons. The molecule has 2 fully saturated rings. The molecule has 3 unspecified atom stereocenters. The van der Waals surface area contributed by atoms with Crippen molar-refractivity contribution in [2.24, 2.45) is 0 Å². The van der Waals surface area contributed by atoms with Gasteiger partial charge in [0.05, 0.1) is 24.9 Å². The van der Waals surface area contributed by atoms with Gasteiger partial charge in [0.15, 0.2) is 0 Å². The summed E-state index contributed by atoms with van der Waals surface area (Å²) in [6.07, 6.45) is 0.739. The predicted octanol–water partition coefficient (Wildman–Crippen LogP) is -0.0258. The van der Waals surface area contributed by atoms with Gasteiger partial charge in [-0.1, -0.05) is 0 Å². The van der Waals surface area contributed by atoms with Gasteiger partial charge >= 0.3 is 0 Å². The van der Waals surface area contributed by atoms with Crippen molar-refractivity contribution in [2.45, 2.75) is 24.7 Å². The average molecular weight is 164 g/mol. The second kappa shape index (κ2) is 2.34. The van der Waals surface area contributed by atoms with Gasteiger partial charge in [-0.3, -0.25) is 0 Å². The van der Waals surface area contributed by atoms with Gasteiger partial charge in [0.1, 0.15) is 0 Å². The fourth-order valence-electron chi connectivity index (χ4n) is 1.69. The monoisotopic (exact) mass is 163 g/mol. The molecule has 2 saturated heterocycles. The molecule has 2 aliphatic rings. The highest BCUT2D eigenvalue weighted by Crippen LogP contribution is 2.30. The molecule has 10 heavy (non-hydrogen) atoms. The van der Waals surface area contributed by atoms with Crippen LogP contribution in [-0.2, 0) is 4.74 Å². The number of ether oxygens (including phenoxy) is 1. The number of rotatable bonds is 0. The Bertz CT molecular complexity index is 130. The Balaban J connectivity index is 2.11. The highest BCUT2D eigenvalue weighted by molar-refractivity contribution is 6.13. The first-order chi connectivity index (χ1) is 4.79. The molecule has 2 aliphatic heterocycles. The van der Waals surface area contributed by atoms with E-state index in [9.17, 15) is 5.11 Å². The van der Waals surface area contributed by atoms with Crippen LogP contribution in [0.3, 0.4) is 0 Å². The van der Waals surface area contributed by atoms with Gasteiger partial charge in [-0.15, -0.1) is 0 Å². The Hall–Kier alpha value is 0.170. The van der Waals surface area contributed by atoms with E-state index in [1.54, 1.807) is 4.42 Å². The van der Waals surface area contributed by atoms with Crippen LogP contribution in [0.25, 0.3) is 0 Å². The number of hydrogen-bond donors (Lipinski definition) is 1. The molecule has 3 nitrogen and oxygen atoms in total. The molecule has 2 heterocycles. The van der Waals surface area contributed by atoms with Crippen molar-refractivity contribution in [3.63, 3.8) is 0 Å². The SMILES string of the molecule is OC1COC2CCN(Cl)C12. The summed E-state index contributed by atoms with van der Waals surface area (Å²) in [5.74, 6) is 0. The van der Waals surface area contributed by atoms with Crippen LogP contribution in [0.15, 0.2) is 0 Å². The first-order valence-electron chi connectivity index (χ1n) is 3.51. The maximum atomic E-state index is 9.32. The van der Waals surface area contributed by atoms with Crippen LogP contribution < -0.4 is 0 Å². The van der Waals surface area contributed by atoms with Gasteiger partial charge in [0, 0.05) is 6.54 Å². The number of aliphatic hydroxyl groups excluding tert-OH is 1. The molecular formula is C6H10ClNO2. The fraction of sp³-hybridized carbons (Fsp3) is 1.00. The van der Waals surface area contributed by atoms with Crippen molar-refractivity contribution >= 4 is 11.8 Å². The van der Waals surface area contributed by atoms with Crippen molar-refractivity contribution in [1.82, 2.24) is 4.42 Å². The average Bonchev–Trinajstić information content (AvgIpc) is 2.40. The second-order valence-electron chi connectivity index (χ2n) is 2.84. The van der Waals surface area contributed by atoms with Crippen molar-refractivity contribution in [3.05, 3.63) is 0 Å². The van der Waals surface area contributed by atoms with E-state index in [-0.39, 0.29) is 18.2 Å². The molecule has 0 aromatic rings. The first-order valence-corrected chi connectivity index (χ1v) is 3.85. The standard InChI is InChI=1S/C6H10ClNO2/c7-8-2-1-5-6(8)4(9)3-10-5/h4-6,9H,1-3H2. The summed E-state index contributed by atoms with van der Waals surface area (Å²) in [4.78, 5) is 0. The molecule has 2 rings (SSSR count). The molecule has 1 N–H and O–H groups in total. The molecule has 0 saturated carbocycles. The minimum Gasteiger partial charge on any atom is -0.389 e. The summed E-state index contributed by atoms with van der Waals surface area (Å²) < 4.78 is 6.94. The highest BCUT2D eigenvalue weighted by Gasteiger charge is 2.44. The lowest BCUT2D eigenvalue weighted by molar-refractivity contribution is 0.0862. The third-order valence-corrected chi connectivity index (χ3v) is 2.60. The maximum absolute atomic E-state index is 9.32. The van der Waals surface area contributed by atoms with Crippen molar-refractivity contribution in [2.75, 3.05) is 13.2 Å². The maximum Gasteiger partial charge on any atom is 0.0966 e. The van der Waals surface area contributed by atoms with E-state index in [0.717, 1.165) is 13.0 Å². The largest absolute Gasteiger partial charge is 0.389 e. The smallest absolute Gasteiger partial charge is 0.0966 e. The van der Waals surface area contributed by atoms with Crippen LogP contribution in [0.4, 0.5) is 0 Å². The van der Waals surface area contributed by atoms with E-state index >= 15 is 0 Å². The lowest BCUT2D eigenvalue weighted by atomic mass is 10.1. The molecule has 58 valence electrons. The van der Waals surface area contributed by atoms with Crippen LogP contribution in [-0.4, -0.2) is 40.9 Å². The molecule has 0 aromatic carbocycles. The van der Waals surface area contributed by atoms with E-state index in [2.05, 4.69) is 0 Å². The number of aliphatic hydroxyl groups is 1. The first kappa shape index (κ1) is 6.85. The van der Waals surface area contributed by atoms with E-state index in [1.807, 2.05) is 0 Å². The van der Waals surface area contributed by atoms with Crippen molar-refractivity contribution < 1.29 is 9.84 Å². The Kier molecular flexibility index (Phi) is 1.60. The number of nitrogens with zero attached hydrogens (tertiary/aromatic N) is 1. The minimum atomic E-state index is -0.384. The molecule has 0 bridgehead atoms. The van der Waals surface area contributed by atoms with Crippen molar-refractivity contribution in [3.8, 4) is 0 Å². The molecular weight excluding hydrogens is 154 g/mol. The molecule has 3 atom stereocenters. The van der Waals surface area contributed by atoms with Gasteiger partial charge in [-0.05, 0) is 18.2 Å². The summed E-state index contributed by atoms with van der Waals surface area (Å²) in [5, 5.41) is 9.32. The zero-order valence-corrected chi connectivity index (χ0v) is 6.29. The van der Waals surface area contributed by atoms with Gasteiger partial charge in [0.2, 0.25) is 0 Å². The van der Waals surface area contributed by atoms with E-state index in [0.29, 0.717) is 6.61 Å². The number of halogens is 1. The van der Waals surface area contributed by atoms with Crippen LogP contribution in [0.1, 0.15) is 6.42 Å². The Labute approximate surface area is 64.6 Å². The van der Waals surface area contributed by atoms with Crippen LogP contribution in [0.2, 0.25) is 0 Å². The minimum absolute atomic E-state index is 0.0432. The molecule has 0 spiro atoms. The van der Waals surface area contributed by atoms with Crippen LogP contribution >= 0.6 is 11.8 Å². The molecule has 0 amide bonds. The zero-order chi connectivity index (χ0) is 7.14. The molecule has 0 aliphatic carbocycles. The predicted molar refractivity (Wildman–Crippen MR) is 36.7 cm³/mol. The van der Waals surface area contributed by atoms with E-state index in [1.165, 1.54) is 0 Å². The lowest BCUT2D eigenvalue weighted by Gasteiger charge is -2.16. The summed E-state index contributed by atoms with van der Waals surface area (Å²) >= 11 is 5.80. The van der Waals surface area contributed by atoms with Gasteiger partial charge in [-0.25, -0.2) is 4.42 Å². The van der Waals surface area contributed by atoms with Gasteiger partial charge in [0.25, 0.3) is 0 Å². The zero-order valence-electron chi connectivity index (χ0n) is 5.53. The lowest BCUT2D eigenvalue weighted by Crippen LogP contribution is -2.34. The fourth-order valence-corrected chi connectivity index (χ4v) is 2.04. The topological polar surface area (TPSA) is 32.7 Å². The summed E-state index contributed by atoms with van der Waals surface area (Å²) in [6.45, 7) is 1.27. The second-order valence-corrected chi connectivity index (χ2v) is 3.28. The van der Waals surface area contributed by atoms with E-state index in [4.69, 9.17) is 16.5 Å². The third kappa shape index (κ3) is 0.855. The van der Waals surface area contributed by atoms with Gasteiger partial charge in [-0.2, -0.15) is 0 Å². The van der Waals surface area contributed by atoms with Crippen LogP contribution in [0.5, 0.6) is 0 Å². The Morgan fingerprint density at radius 3 is 3.10 bits per heavy atom. The van der Waals surface area contributed by atoms with Gasteiger partial charge < -0.3 is 9.84 Å². The summed E-state index contributed by atoms with van der Waals surface area (Å²) in [5.41, 5.74) is 0. The highest BCUT2D eigenvalue weighted by atomic mass is 35.5. The van der Waals surface area contributed by atoms with Crippen molar-refractivity contribution in [1.29, 1.82) is 0 Å². The number of fused-ring (bicyclic) bond motifs is 1. The number of hydrogen-bond acceptors (Lipinski definition) is 3. The Morgan fingerprint density at radius 1 is 1.60 bits per heavy atom. The third-order valence-electron chi connectivity index (χ3n) is 2.21. The molecule has 0 aromatic heterocycles. The quantitative estimate of drug-likeness (QED) is 0.510.